The maximum absolute atomic E-state index is 12.3. The Labute approximate surface area is 140 Å². The van der Waals surface area contributed by atoms with Crippen LogP contribution in [0.3, 0.4) is 0 Å². The SMILES string of the molecule is CC(=CCCOc1ccc(C(=O)c2ccccc2)c(O)c1)C(N)=O. The van der Waals surface area contributed by atoms with Crippen molar-refractivity contribution in [3.05, 3.63) is 71.3 Å². The number of hydrogen-bond donors (Lipinski definition) is 2. The van der Waals surface area contributed by atoms with E-state index >= 15 is 0 Å². The van der Waals surface area contributed by atoms with Gasteiger partial charge in [-0.1, -0.05) is 36.4 Å². The summed E-state index contributed by atoms with van der Waals surface area (Å²) in [6.45, 7) is 1.97. The standard InChI is InChI=1S/C19H19NO4/c1-13(19(20)23)6-5-11-24-15-9-10-16(17(21)12-15)18(22)14-7-3-2-4-8-14/h2-4,6-10,12,21H,5,11H2,1H3,(H2,20,23). The molecule has 0 saturated heterocycles. The van der Waals surface area contributed by atoms with E-state index in [2.05, 4.69) is 0 Å². The fourth-order valence-corrected chi connectivity index (χ4v) is 2.09. The van der Waals surface area contributed by atoms with Crippen LogP contribution in [0.15, 0.2) is 60.2 Å². The first kappa shape index (κ1) is 17.3. The minimum absolute atomic E-state index is 0.134. The summed E-state index contributed by atoms with van der Waals surface area (Å²) in [5.41, 5.74) is 6.33. The number of phenolic OH excluding ortho intramolecular Hbond substituents is 1. The molecule has 0 aliphatic heterocycles. The molecule has 0 radical (unpaired) electrons. The van der Waals surface area contributed by atoms with Gasteiger partial charge >= 0.3 is 0 Å². The van der Waals surface area contributed by atoms with E-state index in [9.17, 15) is 14.7 Å². The number of carbonyl (C=O) groups is 2. The quantitative estimate of drug-likeness (QED) is 0.465. The number of benzene rings is 2. The van der Waals surface area contributed by atoms with E-state index in [1.807, 2.05) is 6.07 Å². The number of primary amides is 1. The first-order chi connectivity index (χ1) is 11.5. The van der Waals surface area contributed by atoms with Crippen LogP contribution in [0, 0.1) is 0 Å². The molecule has 0 aliphatic carbocycles. The number of aromatic hydroxyl groups is 1. The molecule has 0 fully saturated rings. The highest BCUT2D eigenvalue weighted by Crippen LogP contribution is 2.26. The minimum atomic E-state index is -0.462. The van der Waals surface area contributed by atoms with Gasteiger partial charge in [0.05, 0.1) is 12.2 Å². The van der Waals surface area contributed by atoms with Gasteiger partial charge < -0.3 is 15.6 Å². The first-order valence-electron chi connectivity index (χ1n) is 7.51. The van der Waals surface area contributed by atoms with Gasteiger partial charge in [-0.05, 0) is 19.1 Å². The Morgan fingerprint density at radius 3 is 2.50 bits per heavy atom. The van der Waals surface area contributed by atoms with Crippen molar-refractivity contribution in [1.29, 1.82) is 0 Å². The summed E-state index contributed by atoms with van der Waals surface area (Å²) in [4.78, 5) is 23.2. The third-order valence-electron chi connectivity index (χ3n) is 3.48. The molecule has 0 heterocycles. The summed E-state index contributed by atoms with van der Waals surface area (Å²) >= 11 is 0. The molecule has 0 aliphatic rings. The average Bonchev–Trinajstić information content (AvgIpc) is 2.58. The summed E-state index contributed by atoms with van der Waals surface area (Å²) in [6, 6.07) is 13.3. The van der Waals surface area contributed by atoms with Crippen LogP contribution in [0.1, 0.15) is 29.3 Å². The number of hydrogen-bond acceptors (Lipinski definition) is 4. The molecular formula is C19H19NO4. The minimum Gasteiger partial charge on any atom is -0.507 e. The van der Waals surface area contributed by atoms with Gasteiger partial charge in [-0.2, -0.15) is 0 Å². The third kappa shape index (κ3) is 4.46. The Bertz CT molecular complexity index is 766. The molecule has 0 atom stereocenters. The van der Waals surface area contributed by atoms with Crippen molar-refractivity contribution in [3.8, 4) is 11.5 Å². The van der Waals surface area contributed by atoms with E-state index in [1.54, 1.807) is 43.3 Å². The highest BCUT2D eigenvalue weighted by Gasteiger charge is 2.13. The van der Waals surface area contributed by atoms with Gasteiger partial charge in [0.2, 0.25) is 5.91 Å². The molecule has 0 bridgehead atoms. The first-order valence-corrected chi connectivity index (χ1v) is 7.51. The maximum atomic E-state index is 12.3. The van der Waals surface area contributed by atoms with E-state index in [0.717, 1.165) is 0 Å². The number of amides is 1. The van der Waals surface area contributed by atoms with Crippen molar-refractivity contribution in [1.82, 2.24) is 0 Å². The fraction of sp³-hybridized carbons (Fsp3) is 0.158. The lowest BCUT2D eigenvalue weighted by Crippen LogP contribution is -2.11. The summed E-state index contributed by atoms with van der Waals surface area (Å²) in [7, 11) is 0. The van der Waals surface area contributed by atoms with E-state index < -0.39 is 5.91 Å². The monoisotopic (exact) mass is 325 g/mol. The molecule has 5 nitrogen and oxygen atoms in total. The van der Waals surface area contributed by atoms with Crippen molar-refractivity contribution in [2.75, 3.05) is 6.61 Å². The zero-order valence-electron chi connectivity index (χ0n) is 13.4. The van der Waals surface area contributed by atoms with Gasteiger partial charge in [0, 0.05) is 23.6 Å². The smallest absolute Gasteiger partial charge is 0.244 e. The summed E-state index contributed by atoms with van der Waals surface area (Å²) in [6.07, 6.45) is 2.20. The lowest BCUT2D eigenvalue weighted by molar-refractivity contribution is -0.114. The largest absolute Gasteiger partial charge is 0.507 e. The van der Waals surface area contributed by atoms with Crippen LogP contribution in [0.25, 0.3) is 0 Å². The molecule has 0 unspecified atom stereocenters. The van der Waals surface area contributed by atoms with Crippen LogP contribution >= 0.6 is 0 Å². The van der Waals surface area contributed by atoms with Gasteiger partial charge in [-0.25, -0.2) is 0 Å². The number of ketones is 1. The lowest BCUT2D eigenvalue weighted by Gasteiger charge is -2.08. The Balaban J connectivity index is 2.01. The third-order valence-corrected chi connectivity index (χ3v) is 3.48. The number of ether oxygens (including phenoxy) is 1. The van der Waals surface area contributed by atoms with Crippen LogP contribution < -0.4 is 10.5 Å². The number of carbonyl (C=O) groups excluding carboxylic acids is 2. The van der Waals surface area contributed by atoms with Gasteiger partial charge in [-0.15, -0.1) is 0 Å². The maximum Gasteiger partial charge on any atom is 0.244 e. The molecule has 24 heavy (non-hydrogen) atoms. The van der Waals surface area contributed by atoms with E-state index in [0.29, 0.717) is 29.9 Å². The topological polar surface area (TPSA) is 89.6 Å². The predicted molar refractivity (Wildman–Crippen MR) is 91.0 cm³/mol. The van der Waals surface area contributed by atoms with Crippen LogP contribution in [0.5, 0.6) is 11.5 Å². The van der Waals surface area contributed by atoms with Gasteiger partial charge in [0.1, 0.15) is 11.5 Å². The van der Waals surface area contributed by atoms with Crippen LogP contribution in [-0.2, 0) is 4.79 Å². The zero-order chi connectivity index (χ0) is 17.5. The van der Waals surface area contributed by atoms with Crippen molar-refractivity contribution in [2.24, 2.45) is 5.73 Å². The fourth-order valence-electron chi connectivity index (χ4n) is 2.09. The van der Waals surface area contributed by atoms with Gasteiger partial charge in [-0.3, -0.25) is 9.59 Å². The number of rotatable bonds is 7. The highest BCUT2D eigenvalue weighted by atomic mass is 16.5. The zero-order valence-corrected chi connectivity index (χ0v) is 13.4. The molecule has 2 aromatic rings. The summed E-state index contributed by atoms with van der Waals surface area (Å²) < 4.78 is 5.49. The molecule has 0 spiro atoms. The van der Waals surface area contributed by atoms with Gasteiger partial charge in [0.15, 0.2) is 5.78 Å². The van der Waals surface area contributed by atoms with E-state index in [1.165, 1.54) is 12.1 Å². The van der Waals surface area contributed by atoms with E-state index in [4.69, 9.17) is 10.5 Å². The molecular weight excluding hydrogens is 306 g/mol. The molecule has 0 aromatic heterocycles. The molecule has 3 N–H and O–H groups in total. The van der Waals surface area contributed by atoms with Crippen LogP contribution in [0.2, 0.25) is 0 Å². The van der Waals surface area contributed by atoms with Crippen LogP contribution in [0.4, 0.5) is 0 Å². The lowest BCUT2D eigenvalue weighted by atomic mass is 10.0. The Hall–Kier alpha value is -3.08. The molecule has 0 saturated carbocycles. The summed E-state index contributed by atoms with van der Waals surface area (Å²) in [5, 5.41) is 10.1. The van der Waals surface area contributed by atoms with Gasteiger partial charge in [0.25, 0.3) is 0 Å². The molecule has 5 heteroatoms. The number of nitrogens with two attached hydrogens (primary N) is 1. The molecule has 2 rings (SSSR count). The second-order valence-electron chi connectivity index (χ2n) is 5.26. The molecule has 124 valence electrons. The molecule has 1 amide bonds. The van der Waals surface area contributed by atoms with Crippen molar-refractivity contribution in [2.45, 2.75) is 13.3 Å². The second kappa shape index (κ2) is 7.97. The normalized spacial score (nSPS) is 11.1. The Morgan fingerprint density at radius 1 is 1.17 bits per heavy atom. The van der Waals surface area contributed by atoms with Crippen molar-refractivity contribution < 1.29 is 19.4 Å². The summed E-state index contributed by atoms with van der Waals surface area (Å²) in [5.74, 6) is -0.400. The second-order valence-corrected chi connectivity index (χ2v) is 5.26. The Morgan fingerprint density at radius 2 is 1.88 bits per heavy atom. The highest BCUT2D eigenvalue weighted by molar-refractivity contribution is 6.10. The average molecular weight is 325 g/mol. The van der Waals surface area contributed by atoms with Crippen molar-refractivity contribution >= 4 is 11.7 Å². The molecule has 2 aromatic carbocycles. The number of phenols is 1. The van der Waals surface area contributed by atoms with Crippen molar-refractivity contribution in [3.63, 3.8) is 0 Å². The van der Waals surface area contributed by atoms with Crippen LogP contribution in [-0.4, -0.2) is 23.4 Å². The Kier molecular flexibility index (Phi) is 5.73. The van der Waals surface area contributed by atoms with E-state index in [-0.39, 0.29) is 17.1 Å². The predicted octanol–water partition coefficient (Wildman–Crippen LogP) is 2.82.